The average molecular weight is 341 g/mol. The number of rotatable bonds is 16. The molecule has 0 fully saturated rings. The highest BCUT2D eigenvalue weighted by atomic mass is 16.7. The number of unbranched alkanes of at least 4 members (excludes halogenated alkanes) is 12. The lowest BCUT2D eigenvalue weighted by Crippen LogP contribution is -2.08. The number of allylic oxidation sites excluding steroid dienone is 1. The SMILES string of the molecule is CCCCCCCCCCCCCCC=COC(=O)OCC(C)C. The highest BCUT2D eigenvalue weighted by Gasteiger charge is 2.02. The smallest absolute Gasteiger partial charge is 0.434 e. The highest BCUT2D eigenvalue weighted by Crippen LogP contribution is 2.12. The van der Waals surface area contributed by atoms with Crippen LogP contribution in [0.2, 0.25) is 0 Å². The molecule has 0 unspecified atom stereocenters. The third-order valence-corrected chi connectivity index (χ3v) is 4.02. The first-order valence-electron chi connectivity index (χ1n) is 10.1. The molecule has 3 nitrogen and oxygen atoms in total. The van der Waals surface area contributed by atoms with Crippen molar-refractivity contribution in [2.45, 2.75) is 104 Å². The van der Waals surface area contributed by atoms with Gasteiger partial charge in [-0.15, -0.1) is 0 Å². The Kier molecular flexibility index (Phi) is 17.6. The Morgan fingerprint density at radius 3 is 1.83 bits per heavy atom. The fourth-order valence-corrected chi connectivity index (χ4v) is 2.54. The molecular weight excluding hydrogens is 300 g/mol. The van der Waals surface area contributed by atoms with Crippen molar-refractivity contribution in [3.63, 3.8) is 0 Å². The molecule has 0 aliphatic rings. The molecule has 3 heteroatoms. The van der Waals surface area contributed by atoms with E-state index in [2.05, 4.69) is 6.92 Å². The molecule has 0 aromatic heterocycles. The van der Waals surface area contributed by atoms with Gasteiger partial charge in [0.15, 0.2) is 0 Å². The summed E-state index contributed by atoms with van der Waals surface area (Å²) in [4.78, 5) is 11.2. The van der Waals surface area contributed by atoms with Gasteiger partial charge in [0.05, 0.1) is 12.9 Å². The second kappa shape index (κ2) is 18.4. The van der Waals surface area contributed by atoms with Crippen LogP contribution in [0.1, 0.15) is 104 Å². The molecule has 0 radical (unpaired) electrons. The van der Waals surface area contributed by atoms with E-state index in [1.807, 2.05) is 19.9 Å². The van der Waals surface area contributed by atoms with Crippen LogP contribution >= 0.6 is 0 Å². The summed E-state index contributed by atoms with van der Waals surface area (Å²) >= 11 is 0. The summed E-state index contributed by atoms with van der Waals surface area (Å²) in [6.45, 7) is 6.67. The summed E-state index contributed by atoms with van der Waals surface area (Å²) in [6, 6.07) is 0. The van der Waals surface area contributed by atoms with Crippen LogP contribution in [-0.4, -0.2) is 12.8 Å². The zero-order valence-corrected chi connectivity index (χ0v) is 16.4. The third-order valence-electron chi connectivity index (χ3n) is 4.02. The molecular formula is C21H40O3. The summed E-state index contributed by atoms with van der Waals surface area (Å²) < 4.78 is 9.77. The lowest BCUT2D eigenvalue weighted by atomic mass is 10.0. The summed E-state index contributed by atoms with van der Waals surface area (Å²) in [5.74, 6) is 0.336. The van der Waals surface area contributed by atoms with Crippen molar-refractivity contribution < 1.29 is 14.3 Å². The molecule has 24 heavy (non-hydrogen) atoms. The molecule has 0 saturated carbocycles. The molecule has 0 bridgehead atoms. The van der Waals surface area contributed by atoms with Crippen molar-refractivity contribution in [1.82, 2.24) is 0 Å². The molecule has 0 N–H and O–H groups in total. The van der Waals surface area contributed by atoms with Crippen molar-refractivity contribution in [2.24, 2.45) is 5.92 Å². The molecule has 0 aromatic rings. The maximum Gasteiger partial charge on any atom is 0.513 e. The van der Waals surface area contributed by atoms with Crippen LogP contribution in [-0.2, 0) is 9.47 Å². The Hall–Kier alpha value is -0.990. The zero-order valence-electron chi connectivity index (χ0n) is 16.4. The Labute approximate surface area is 150 Å². The Morgan fingerprint density at radius 2 is 1.33 bits per heavy atom. The van der Waals surface area contributed by atoms with Crippen molar-refractivity contribution in [2.75, 3.05) is 6.61 Å². The van der Waals surface area contributed by atoms with Crippen molar-refractivity contribution in [1.29, 1.82) is 0 Å². The first-order chi connectivity index (χ1) is 11.7. The number of carbonyl (C=O) groups excluding carboxylic acids is 1. The second-order valence-electron chi connectivity index (χ2n) is 7.12. The van der Waals surface area contributed by atoms with Crippen LogP contribution in [0.4, 0.5) is 4.79 Å². The fraction of sp³-hybridized carbons (Fsp3) is 0.857. The monoisotopic (exact) mass is 340 g/mol. The number of carbonyl (C=O) groups is 1. The van der Waals surface area contributed by atoms with Crippen LogP contribution in [0.25, 0.3) is 0 Å². The fourth-order valence-electron chi connectivity index (χ4n) is 2.54. The molecule has 0 aromatic carbocycles. The lowest BCUT2D eigenvalue weighted by Gasteiger charge is -2.04. The van der Waals surface area contributed by atoms with Gasteiger partial charge < -0.3 is 9.47 Å². The third kappa shape index (κ3) is 19.1. The van der Waals surface area contributed by atoms with Gasteiger partial charge in [-0.2, -0.15) is 0 Å². The molecule has 142 valence electrons. The minimum Gasteiger partial charge on any atom is -0.434 e. The standard InChI is InChI=1S/C21H40O3/c1-4-5-6-7-8-9-10-11-12-13-14-15-16-17-18-23-21(22)24-19-20(2)3/h17-18,20H,4-16,19H2,1-3H3. The quantitative estimate of drug-likeness (QED) is 0.167. The summed E-state index contributed by atoms with van der Waals surface area (Å²) in [5.41, 5.74) is 0. The first kappa shape index (κ1) is 23.0. The molecule has 0 rings (SSSR count). The number of hydrogen-bond acceptors (Lipinski definition) is 3. The minimum atomic E-state index is -0.602. The van der Waals surface area contributed by atoms with Gasteiger partial charge >= 0.3 is 6.16 Å². The van der Waals surface area contributed by atoms with E-state index in [4.69, 9.17) is 9.47 Å². The summed E-state index contributed by atoms with van der Waals surface area (Å²) in [6.07, 6.45) is 20.0. The predicted molar refractivity (Wildman–Crippen MR) is 102 cm³/mol. The van der Waals surface area contributed by atoms with Gasteiger partial charge in [-0.25, -0.2) is 4.79 Å². The molecule has 0 amide bonds. The summed E-state index contributed by atoms with van der Waals surface area (Å²) in [7, 11) is 0. The first-order valence-corrected chi connectivity index (χ1v) is 10.1. The minimum absolute atomic E-state index is 0.336. The maximum atomic E-state index is 11.2. The van der Waals surface area contributed by atoms with Crippen LogP contribution in [0.5, 0.6) is 0 Å². The largest absolute Gasteiger partial charge is 0.513 e. The van der Waals surface area contributed by atoms with Gasteiger partial charge in [-0.1, -0.05) is 91.4 Å². The molecule has 0 heterocycles. The molecule has 0 atom stereocenters. The van der Waals surface area contributed by atoms with E-state index in [0.29, 0.717) is 12.5 Å². The van der Waals surface area contributed by atoms with Gasteiger partial charge in [0.25, 0.3) is 0 Å². The Bertz CT molecular complexity index is 297. The van der Waals surface area contributed by atoms with Gasteiger partial charge in [0, 0.05) is 0 Å². The van der Waals surface area contributed by atoms with Gasteiger partial charge in [-0.3, -0.25) is 0 Å². The Balaban J connectivity index is 3.19. The molecule has 0 spiro atoms. The molecule has 0 aliphatic heterocycles. The van der Waals surface area contributed by atoms with E-state index in [0.717, 1.165) is 12.8 Å². The molecule has 0 aliphatic carbocycles. The lowest BCUT2D eigenvalue weighted by molar-refractivity contribution is 0.0749. The van der Waals surface area contributed by atoms with Crippen molar-refractivity contribution in [3.05, 3.63) is 12.3 Å². The topological polar surface area (TPSA) is 35.5 Å². The zero-order chi connectivity index (χ0) is 17.9. The van der Waals surface area contributed by atoms with E-state index in [1.54, 1.807) is 0 Å². The highest BCUT2D eigenvalue weighted by molar-refractivity contribution is 5.60. The number of ether oxygens (including phenoxy) is 2. The van der Waals surface area contributed by atoms with Crippen LogP contribution in [0.15, 0.2) is 12.3 Å². The van der Waals surface area contributed by atoms with E-state index < -0.39 is 6.16 Å². The summed E-state index contributed by atoms with van der Waals surface area (Å²) in [5, 5.41) is 0. The van der Waals surface area contributed by atoms with Gasteiger partial charge in [0.1, 0.15) is 0 Å². The second-order valence-corrected chi connectivity index (χ2v) is 7.12. The van der Waals surface area contributed by atoms with Crippen molar-refractivity contribution in [3.8, 4) is 0 Å². The van der Waals surface area contributed by atoms with E-state index in [-0.39, 0.29) is 0 Å². The normalized spacial score (nSPS) is 11.3. The van der Waals surface area contributed by atoms with E-state index in [9.17, 15) is 4.79 Å². The predicted octanol–water partition coefficient (Wildman–Crippen LogP) is 7.40. The Morgan fingerprint density at radius 1 is 0.833 bits per heavy atom. The van der Waals surface area contributed by atoms with E-state index in [1.165, 1.54) is 76.9 Å². The van der Waals surface area contributed by atoms with Crippen LogP contribution in [0.3, 0.4) is 0 Å². The maximum absolute atomic E-state index is 11.2. The molecule has 0 saturated heterocycles. The number of hydrogen-bond donors (Lipinski definition) is 0. The van der Waals surface area contributed by atoms with Crippen LogP contribution < -0.4 is 0 Å². The average Bonchev–Trinajstić information content (AvgIpc) is 2.56. The van der Waals surface area contributed by atoms with E-state index >= 15 is 0 Å². The van der Waals surface area contributed by atoms with Crippen LogP contribution in [0, 0.1) is 5.92 Å². The van der Waals surface area contributed by atoms with Crippen molar-refractivity contribution >= 4 is 6.16 Å². The van der Waals surface area contributed by atoms with Gasteiger partial charge in [0.2, 0.25) is 0 Å². The van der Waals surface area contributed by atoms with Gasteiger partial charge in [-0.05, 0) is 24.8 Å².